The molecule has 0 rings (SSSR count). The molecule has 0 aromatic carbocycles. The molecule has 0 aromatic heterocycles. The van der Waals surface area contributed by atoms with Gasteiger partial charge in [-0.25, -0.2) is 30.0 Å². The number of amides is 4. The van der Waals surface area contributed by atoms with Gasteiger partial charge in [0.2, 0.25) is 12.2 Å². The normalized spacial score (nSPS) is 6.70. The molecule has 4 amide bonds. The van der Waals surface area contributed by atoms with Gasteiger partial charge in [-0.3, -0.25) is 5.32 Å². The van der Waals surface area contributed by atoms with E-state index in [1.54, 1.807) is 5.32 Å². The summed E-state index contributed by atoms with van der Waals surface area (Å²) in [6, 6.07) is -1.88. The summed E-state index contributed by atoms with van der Waals surface area (Å²) in [6.07, 6.45) is 4.08. The number of primary amides is 2. The third kappa shape index (κ3) is 109. The first-order chi connectivity index (χ1) is 9.37. The third-order valence-corrected chi connectivity index (χ3v) is 1.06. The van der Waals surface area contributed by atoms with Crippen LogP contribution in [0, 0.1) is 10.8 Å². The zero-order valence-corrected chi connectivity index (χ0v) is 10.7. The van der Waals surface area contributed by atoms with Gasteiger partial charge in [0.1, 0.15) is 0 Å². The van der Waals surface area contributed by atoms with Crippen molar-refractivity contribution in [2.24, 2.45) is 11.5 Å². The summed E-state index contributed by atoms with van der Waals surface area (Å²) in [4.78, 5) is 35.9. The second-order valence-electron chi connectivity index (χ2n) is 2.57. The van der Waals surface area contributed by atoms with Crippen LogP contribution in [0.3, 0.4) is 0 Å². The first-order valence-corrected chi connectivity index (χ1v) is 5.03. The van der Waals surface area contributed by atoms with Crippen LogP contribution in [0.1, 0.15) is 19.3 Å². The van der Waals surface area contributed by atoms with Crippen molar-refractivity contribution in [2.75, 3.05) is 13.2 Å². The number of nitrogens with one attached hydrogen (secondary N) is 3. The van der Waals surface area contributed by atoms with Crippen LogP contribution in [0.4, 0.5) is 9.59 Å². The first-order valence-electron chi connectivity index (χ1n) is 5.03. The second-order valence-corrected chi connectivity index (χ2v) is 2.57. The Morgan fingerprint density at radius 3 is 1.25 bits per heavy atom. The average Bonchev–Trinajstić information content (AvgIpc) is 2.30. The van der Waals surface area contributed by atoms with E-state index in [-0.39, 0.29) is 13.2 Å². The topological polar surface area (TPSA) is 221 Å². The van der Waals surface area contributed by atoms with Gasteiger partial charge in [-0.05, 0) is 19.3 Å². The van der Waals surface area contributed by atoms with Gasteiger partial charge < -0.3 is 21.7 Å². The summed E-state index contributed by atoms with van der Waals surface area (Å²) in [7, 11) is 0. The summed E-state index contributed by atoms with van der Waals surface area (Å²) in [5.41, 5.74) is 8.88. The SMILES string of the molecule is N=C=O.N=C=O.NC(=O)NC(N)=O.OCCCCCO. The van der Waals surface area contributed by atoms with E-state index in [0.29, 0.717) is 0 Å². The minimum absolute atomic E-state index is 0.250. The van der Waals surface area contributed by atoms with E-state index < -0.39 is 12.1 Å². The number of isocyanates is 2. The molecule has 9 N–H and O–H groups in total. The molecule has 0 aliphatic carbocycles. The molecule has 11 nitrogen and oxygen atoms in total. The molecule has 0 unspecified atom stereocenters. The summed E-state index contributed by atoms with van der Waals surface area (Å²) < 4.78 is 0. The van der Waals surface area contributed by atoms with Crippen LogP contribution in [0.25, 0.3) is 0 Å². The molecule has 0 aliphatic heterocycles. The average molecular weight is 293 g/mol. The van der Waals surface area contributed by atoms with Crippen LogP contribution < -0.4 is 16.8 Å². The van der Waals surface area contributed by atoms with E-state index in [1.807, 2.05) is 0 Å². The number of rotatable bonds is 4. The summed E-state index contributed by atoms with van der Waals surface area (Å²) in [5, 5.41) is 28.8. The number of imide groups is 1. The molecule has 0 saturated carbocycles. The van der Waals surface area contributed by atoms with Crippen molar-refractivity contribution >= 4 is 24.2 Å². The van der Waals surface area contributed by atoms with Crippen LogP contribution in [0.2, 0.25) is 0 Å². The molecule has 0 atom stereocenters. The molecule has 0 fully saturated rings. The molecule has 0 bridgehead atoms. The third-order valence-electron chi connectivity index (χ3n) is 1.06. The number of hydrogen-bond acceptors (Lipinski definition) is 8. The Morgan fingerprint density at radius 1 is 0.900 bits per heavy atom. The highest BCUT2D eigenvalue weighted by Gasteiger charge is 1.92. The fraction of sp³-hybridized carbons (Fsp3) is 0.556. The summed E-state index contributed by atoms with van der Waals surface area (Å²) in [5.74, 6) is 0. The molecule has 0 spiro atoms. The smallest absolute Gasteiger partial charge is 0.320 e. The molecule has 0 aromatic rings. The van der Waals surface area contributed by atoms with E-state index in [4.69, 9.17) is 30.6 Å². The second kappa shape index (κ2) is 29.9. The Bertz CT molecular complexity index is 269. The lowest BCUT2D eigenvalue weighted by Gasteiger charge is -1.90. The highest BCUT2D eigenvalue weighted by molar-refractivity contribution is 5.91. The van der Waals surface area contributed by atoms with Gasteiger partial charge in [-0.2, -0.15) is 0 Å². The van der Waals surface area contributed by atoms with E-state index in [0.717, 1.165) is 31.4 Å². The van der Waals surface area contributed by atoms with Gasteiger partial charge in [-0.15, -0.1) is 0 Å². The van der Waals surface area contributed by atoms with Crippen LogP contribution in [-0.4, -0.2) is 47.6 Å². The van der Waals surface area contributed by atoms with Gasteiger partial charge in [0.05, 0.1) is 0 Å². The van der Waals surface area contributed by atoms with Crippen molar-refractivity contribution in [2.45, 2.75) is 19.3 Å². The summed E-state index contributed by atoms with van der Waals surface area (Å²) >= 11 is 0. The Morgan fingerprint density at radius 2 is 1.15 bits per heavy atom. The minimum Gasteiger partial charge on any atom is -0.396 e. The zero-order valence-electron chi connectivity index (χ0n) is 10.7. The van der Waals surface area contributed by atoms with Crippen molar-refractivity contribution in [1.82, 2.24) is 5.32 Å². The number of urea groups is 2. The van der Waals surface area contributed by atoms with Crippen molar-refractivity contribution in [3.05, 3.63) is 0 Å². The number of hydrogen-bond donors (Lipinski definition) is 7. The molecule has 20 heavy (non-hydrogen) atoms. The van der Waals surface area contributed by atoms with E-state index in [1.165, 1.54) is 0 Å². The lowest BCUT2D eigenvalue weighted by atomic mass is 10.2. The predicted molar refractivity (Wildman–Crippen MR) is 67.2 cm³/mol. The van der Waals surface area contributed by atoms with E-state index >= 15 is 0 Å². The molecule has 0 heterocycles. The zero-order chi connectivity index (χ0) is 16.8. The maximum absolute atomic E-state index is 9.62. The fourth-order valence-corrected chi connectivity index (χ4v) is 0.522. The van der Waals surface area contributed by atoms with Crippen LogP contribution >= 0.6 is 0 Å². The summed E-state index contributed by atoms with van der Waals surface area (Å²) in [6.45, 7) is 0.500. The molecule has 0 aliphatic rings. The van der Waals surface area contributed by atoms with Gasteiger partial charge in [0.15, 0.2) is 0 Å². The maximum Gasteiger partial charge on any atom is 0.320 e. The lowest BCUT2D eigenvalue weighted by Crippen LogP contribution is -2.38. The number of carbonyl (C=O) groups excluding carboxylic acids is 4. The molecule has 116 valence electrons. The Labute approximate surface area is 115 Å². The molecular formula is C9H19N5O6. The Hall–Kier alpha value is -2.58. The van der Waals surface area contributed by atoms with Crippen molar-refractivity contribution < 1.29 is 29.4 Å². The maximum atomic E-state index is 9.62. The van der Waals surface area contributed by atoms with Gasteiger partial charge >= 0.3 is 12.1 Å². The van der Waals surface area contributed by atoms with Crippen molar-refractivity contribution in [1.29, 1.82) is 10.8 Å². The first kappa shape index (κ1) is 26.1. The number of aliphatic hydroxyl groups excluding tert-OH is 2. The largest absolute Gasteiger partial charge is 0.396 e. The Balaban J connectivity index is -0.0000000927. The monoisotopic (exact) mass is 293 g/mol. The van der Waals surface area contributed by atoms with Crippen LogP contribution in [0.15, 0.2) is 0 Å². The molecule has 11 heteroatoms. The number of carbonyl (C=O) groups is 2. The standard InChI is InChI=1S/C5H12O2.C2H5N3O2.2CHNO/c6-4-2-1-3-5-7;3-1(6)5-2(4)7;2*2-1-3/h6-7H,1-5H2;(H5,3,4,5,6,7);2*2H. The number of unbranched alkanes of at least 4 members (excludes halogenated alkanes) is 2. The van der Waals surface area contributed by atoms with Gasteiger partial charge in [-0.1, -0.05) is 0 Å². The fourth-order valence-electron chi connectivity index (χ4n) is 0.522. The van der Waals surface area contributed by atoms with Crippen LogP contribution in [-0.2, 0) is 9.59 Å². The molecular weight excluding hydrogens is 274 g/mol. The van der Waals surface area contributed by atoms with Crippen molar-refractivity contribution in [3.63, 3.8) is 0 Å². The quantitative estimate of drug-likeness (QED) is 0.189. The number of aliphatic hydroxyl groups is 2. The minimum atomic E-state index is -0.938. The van der Waals surface area contributed by atoms with Crippen molar-refractivity contribution in [3.8, 4) is 0 Å². The van der Waals surface area contributed by atoms with E-state index in [9.17, 15) is 9.59 Å². The van der Waals surface area contributed by atoms with Crippen LogP contribution in [0.5, 0.6) is 0 Å². The highest BCUT2D eigenvalue weighted by Crippen LogP contribution is 1.90. The molecule has 0 saturated heterocycles. The van der Waals surface area contributed by atoms with Gasteiger partial charge in [0, 0.05) is 13.2 Å². The number of nitrogens with two attached hydrogens (primary N) is 2. The lowest BCUT2D eigenvalue weighted by molar-refractivity contribution is 0.236. The highest BCUT2D eigenvalue weighted by atomic mass is 16.3. The predicted octanol–water partition coefficient (Wildman–Crippen LogP) is -1.32. The Kier molecular flexibility index (Phi) is 39.0. The van der Waals surface area contributed by atoms with E-state index in [2.05, 4.69) is 11.5 Å². The van der Waals surface area contributed by atoms with Gasteiger partial charge in [0.25, 0.3) is 0 Å². The molecule has 0 radical (unpaired) electrons.